The first-order chi connectivity index (χ1) is 5.70. The molecule has 0 nitrogen and oxygen atoms in total. The lowest BCUT2D eigenvalue weighted by Gasteiger charge is -2.30. The summed E-state index contributed by atoms with van der Waals surface area (Å²) in [5, 5.41) is 0. The molecule has 2 heteroatoms. The van der Waals surface area contributed by atoms with Crippen LogP contribution in [0.5, 0.6) is 0 Å². The first kappa shape index (κ1) is 8.52. The first-order valence-electron chi connectivity index (χ1n) is 4.15. The van der Waals surface area contributed by atoms with Crippen LogP contribution < -0.4 is 0 Å². The van der Waals surface area contributed by atoms with Crippen LogP contribution in [0.3, 0.4) is 0 Å². The summed E-state index contributed by atoms with van der Waals surface area (Å²) in [6.07, 6.45) is 1.16. The maximum atomic E-state index is 4.68. The molecule has 0 saturated heterocycles. The van der Waals surface area contributed by atoms with Crippen LogP contribution in [0.2, 0.25) is 0 Å². The minimum absolute atomic E-state index is 0.0852. The highest BCUT2D eigenvalue weighted by Gasteiger charge is 2.27. The van der Waals surface area contributed by atoms with Gasteiger partial charge in [-0.15, -0.1) is 11.8 Å². The van der Waals surface area contributed by atoms with Crippen molar-refractivity contribution < 1.29 is 0 Å². The third-order valence-electron chi connectivity index (χ3n) is 2.31. The van der Waals surface area contributed by atoms with Gasteiger partial charge in [0, 0.05) is 9.64 Å². The van der Waals surface area contributed by atoms with E-state index in [-0.39, 0.29) is 4.75 Å². The zero-order chi connectivity index (χ0) is 8.60. The third-order valence-corrected chi connectivity index (χ3v) is 3.85. The van der Waals surface area contributed by atoms with Gasteiger partial charge < -0.3 is 0 Å². The molecular formula is C10H12S2. The molecule has 64 valence electrons. The standard InChI is InChI=1S/C10H12S2/c1-10(11)6-7-12-9-5-3-2-4-8(9)10/h2-5,11H,6-7H2,1H3. The number of hydrogen-bond acceptors (Lipinski definition) is 2. The minimum Gasteiger partial charge on any atom is -0.168 e. The van der Waals surface area contributed by atoms with Gasteiger partial charge >= 0.3 is 0 Å². The van der Waals surface area contributed by atoms with Gasteiger partial charge in [-0.1, -0.05) is 18.2 Å². The molecule has 0 fully saturated rings. The molecule has 0 amide bonds. The normalized spacial score (nSPS) is 28.2. The Kier molecular flexibility index (Phi) is 2.13. The monoisotopic (exact) mass is 196 g/mol. The second-order valence-corrected chi connectivity index (χ2v) is 5.49. The number of rotatable bonds is 0. The number of benzene rings is 1. The quantitative estimate of drug-likeness (QED) is 0.621. The second-order valence-electron chi connectivity index (χ2n) is 3.37. The maximum absolute atomic E-state index is 4.68. The molecule has 0 spiro atoms. The van der Waals surface area contributed by atoms with Crippen LogP contribution in [0.4, 0.5) is 0 Å². The highest BCUT2D eigenvalue weighted by Crippen LogP contribution is 2.43. The molecule has 0 bridgehead atoms. The summed E-state index contributed by atoms with van der Waals surface area (Å²) in [5.41, 5.74) is 1.39. The zero-order valence-corrected chi connectivity index (χ0v) is 8.79. The SMILES string of the molecule is CC1(S)CCSc2ccccc21. The van der Waals surface area contributed by atoms with E-state index in [2.05, 4.69) is 43.8 Å². The van der Waals surface area contributed by atoms with Crippen LogP contribution in [-0.4, -0.2) is 5.75 Å². The summed E-state index contributed by atoms with van der Waals surface area (Å²) in [5.74, 6) is 1.19. The Morgan fingerprint density at radius 2 is 2.17 bits per heavy atom. The van der Waals surface area contributed by atoms with Gasteiger partial charge in [0.15, 0.2) is 0 Å². The highest BCUT2D eigenvalue weighted by molar-refractivity contribution is 7.99. The van der Waals surface area contributed by atoms with Crippen LogP contribution in [0.25, 0.3) is 0 Å². The summed E-state index contributed by atoms with van der Waals surface area (Å²) < 4.78 is 0.0852. The summed E-state index contributed by atoms with van der Waals surface area (Å²) >= 11 is 6.63. The van der Waals surface area contributed by atoms with Gasteiger partial charge in [-0.3, -0.25) is 0 Å². The molecule has 0 saturated carbocycles. The summed E-state index contributed by atoms with van der Waals surface area (Å²) in [7, 11) is 0. The molecule has 2 rings (SSSR count). The smallest absolute Gasteiger partial charge is 0.0369 e. The molecule has 1 aromatic carbocycles. The Hall–Kier alpha value is -0.0800. The fourth-order valence-corrected chi connectivity index (χ4v) is 3.42. The fraction of sp³-hybridized carbons (Fsp3) is 0.400. The molecule has 1 aliphatic heterocycles. The van der Waals surface area contributed by atoms with Crippen LogP contribution in [0, 0.1) is 0 Å². The molecule has 12 heavy (non-hydrogen) atoms. The van der Waals surface area contributed by atoms with E-state index in [1.807, 2.05) is 11.8 Å². The highest BCUT2D eigenvalue weighted by atomic mass is 32.2. The van der Waals surface area contributed by atoms with Crippen molar-refractivity contribution in [1.82, 2.24) is 0 Å². The van der Waals surface area contributed by atoms with Crippen molar-refractivity contribution in [2.45, 2.75) is 23.0 Å². The van der Waals surface area contributed by atoms with E-state index >= 15 is 0 Å². The lowest BCUT2D eigenvalue weighted by atomic mass is 9.97. The minimum atomic E-state index is 0.0852. The lowest BCUT2D eigenvalue weighted by Crippen LogP contribution is -2.19. The van der Waals surface area contributed by atoms with Gasteiger partial charge in [0.05, 0.1) is 0 Å². The van der Waals surface area contributed by atoms with Crippen LogP contribution in [0.15, 0.2) is 29.2 Å². The van der Waals surface area contributed by atoms with Crippen molar-refractivity contribution in [3.8, 4) is 0 Å². The Bertz CT molecular complexity index is 292. The van der Waals surface area contributed by atoms with Crippen LogP contribution in [0.1, 0.15) is 18.9 Å². The van der Waals surface area contributed by atoms with Crippen LogP contribution in [-0.2, 0) is 4.75 Å². The largest absolute Gasteiger partial charge is 0.168 e. The number of fused-ring (bicyclic) bond motifs is 1. The number of thioether (sulfide) groups is 1. The van der Waals surface area contributed by atoms with Crippen molar-refractivity contribution in [2.75, 3.05) is 5.75 Å². The fourth-order valence-electron chi connectivity index (χ4n) is 1.53. The van der Waals surface area contributed by atoms with Crippen molar-refractivity contribution in [2.24, 2.45) is 0 Å². The van der Waals surface area contributed by atoms with E-state index in [1.54, 1.807) is 0 Å². The van der Waals surface area contributed by atoms with Gasteiger partial charge in [-0.2, -0.15) is 12.6 Å². The van der Waals surface area contributed by atoms with Gasteiger partial charge in [0.25, 0.3) is 0 Å². The average Bonchev–Trinajstić information content (AvgIpc) is 2.04. The molecule has 0 N–H and O–H groups in total. The summed E-state index contributed by atoms with van der Waals surface area (Å²) in [6, 6.07) is 8.57. The number of thiol groups is 1. The van der Waals surface area contributed by atoms with Gasteiger partial charge in [0.1, 0.15) is 0 Å². The van der Waals surface area contributed by atoms with Gasteiger partial charge in [-0.05, 0) is 30.7 Å². The Labute approximate surface area is 83.2 Å². The molecule has 1 heterocycles. The summed E-state index contributed by atoms with van der Waals surface area (Å²) in [4.78, 5) is 1.40. The van der Waals surface area contributed by atoms with Crippen molar-refractivity contribution in [3.63, 3.8) is 0 Å². The zero-order valence-electron chi connectivity index (χ0n) is 7.08. The third kappa shape index (κ3) is 1.38. The molecule has 1 atom stereocenters. The van der Waals surface area contributed by atoms with E-state index in [0.29, 0.717) is 0 Å². The molecule has 1 aromatic rings. The van der Waals surface area contributed by atoms with E-state index in [9.17, 15) is 0 Å². The predicted molar refractivity (Wildman–Crippen MR) is 58.1 cm³/mol. The van der Waals surface area contributed by atoms with Gasteiger partial charge in [-0.25, -0.2) is 0 Å². The second kappa shape index (κ2) is 3.00. The van der Waals surface area contributed by atoms with Crippen molar-refractivity contribution in [3.05, 3.63) is 29.8 Å². The average molecular weight is 196 g/mol. The van der Waals surface area contributed by atoms with E-state index < -0.39 is 0 Å². The molecule has 0 radical (unpaired) electrons. The van der Waals surface area contributed by atoms with Crippen molar-refractivity contribution in [1.29, 1.82) is 0 Å². The van der Waals surface area contributed by atoms with E-state index in [4.69, 9.17) is 0 Å². The van der Waals surface area contributed by atoms with E-state index in [1.165, 1.54) is 16.2 Å². The van der Waals surface area contributed by atoms with Crippen molar-refractivity contribution >= 4 is 24.4 Å². The molecule has 0 aliphatic carbocycles. The topological polar surface area (TPSA) is 0 Å². The number of hydrogen-bond donors (Lipinski definition) is 1. The Morgan fingerprint density at radius 1 is 1.42 bits per heavy atom. The predicted octanol–water partition coefficient (Wildman–Crippen LogP) is 3.33. The Morgan fingerprint density at radius 3 is 2.92 bits per heavy atom. The van der Waals surface area contributed by atoms with Gasteiger partial charge in [0.2, 0.25) is 0 Å². The lowest BCUT2D eigenvalue weighted by molar-refractivity contribution is 0.653. The Balaban J connectivity index is 2.52. The molecular weight excluding hydrogens is 184 g/mol. The van der Waals surface area contributed by atoms with E-state index in [0.717, 1.165) is 6.42 Å². The first-order valence-corrected chi connectivity index (χ1v) is 5.58. The molecule has 1 unspecified atom stereocenters. The molecule has 1 aliphatic rings. The summed E-state index contributed by atoms with van der Waals surface area (Å²) in [6.45, 7) is 2.20. The molecule has 0 aromatic heterocycles. The van der Waals surface area contributed by atoms with Crippen LogP contribution >= 0.6 is 24.4 Å². The maximum Gasteiger partial charge on any atom is 0.0369 e.